The van der Waals surface area contributed by atoms with Crippen molar-refractivity contribution in [3.05, 3.63) is 48.6 Å². The fourth-order valence-corrected chi connectivity index (χ4v) is 1.56. The molecule has 1 rings (SSSR count). The highest BCUT2D eigenvalue weighted by Crippen LogP contribution is 2.12. The summed E-state index contributed by atoms with van der Waals surface area (Å²) in [6.07, 6.45) is 0.412. The van der Waals surface area contributed by atoms with Gasteiger partial charge in [-0.05, 0) is 12.0 Å². The highest BCUT2D eigenvalue weighted by atomic mass is 16.5. The summed E-state index contributed by atoms with van der Waals surface area (Å²) >= 11 is 0. The number of rotatable bonds is 6. The molecule has 1 aromatic carbocycles. The molecule has 1 amide bonds. The molecule has 19 heavy (non-hydrogen) atoms. The Bertz CT molecular complexity index is 444. The minimum atomic E-state index is -1.32. The number of amides is 1. The standard InChI is InChI=1S/C14H17NO4/c1-3-7-11(14(18)19-2)15-13(17)12(16)10-8-5-4-6-9-10/h3-6,8-9,11-12,16H,1,7H2,2H3,(H,15,17)/t11-,12+/m1/s1. The summed E-state index contributed by atoms with van der Waals surface area (Å²) in [5, 5.41) is 12.3. The Morgan fingerprint density at radius 2 is 2.05 bits per heavy atom. The van der Waals surface area contributed by atoms with Gasteiger partial charge < -0.3 is 15.2 Å². The smallest absolute Gasteiger partial charge is 0.328 e. The molecule has 0 aliphatic rings. The maximum absolute atomic E-state index is 11.8. The normalized spacial score (nSPS) is 13.2. The molecule has 5 nitrogen and oxygen atoms in total. The van der Waals surface area contributed by atoms with Gasteiger partial charge in [0.15, 0.2) is 6.10 Å². The van der Waals surface area contributed by atoms with E-state index in [0.29, 0.717) is 5.56 Å². The number of esters is 1. The summed E-state index contributed by atoms with van der Waals surface area (Å²) in [4.78, 5) is 23.3. The predicted octanol–water partition coefficient (Wildman–Crippen LogP) is 0.954. The van der Waals surface area contributed by atoms with Crippen LogP contribution in [0.1, 0.15) is 18.1 Å². The molecular weight excluding hydrogens is 246 g/mol. The van der Waals surface area contributed by atoms with E-state index in [-0.39, 0.29) is 6.42 Å². The highest BCUT2D eigenvalue weighted by Gasteiger charge is 2.24. The number of benzene rings is 1. The molecular formula is C14H17NO4. The number of carbonyl (C=O) groups excluding carboxylic acids is 2. The van der Waals surface area contributed by atoms with E-state index in [1.54, 1.807) is 30.3 Å². The van der Waals surface area contributed by atoms with Crippen LogP contribution in [0.25, 0.3) is 0 Å². The Morgan fingerprint density at radius 1 is 1.42 bits per heavy atom. The molecule has 2 N–H and O–H groups in total. The zero-order chi connectivity index (χ0) is 14.3. The van der Waals surface area contributed by atoms with Gasteiger partial charge in [0.2, 0.25) is 0 Å². The van der Waals surface area contributed by atoms with Gasteiger partial charge in [-0.2, -0.15) is 0 Å². The van der Waals surface area contributed by atoms with Crippen molar-refractivity contribution < 1.29 is 19.4 Å². The van der Waals surface area contributed by atoms with Crippen LogP contribution in [-0.4, -0.2) is 30.1 Å². The van der Waals surface area contributed by atoms with Gasteiger partial charge in [0.05, 0.1) is 7.11 Å². The van der Waals surface area contributed by atoms with Crippen molar-refractivity contribution in [1.82, 2.24) is 5.32 Å². The summed E-state index contributed by atoms with van der Waals surface area (Å²) in [6, 6.07) is 7.63. The lowest BCUT2D eigenvalue weighted by atomic mass is 10.1. The maximum Gasteiger partial charge on any atom is 0.328 e. The molecule has 1 aromatic rings. The van der Waals surface area contributed by atoms with E-state index < -0.39 is 24.0 Å². The zero-order valence-electron chi connectivity index (χ0n) is 10.7. The minimum Gasteiger partial charge on any atom is -0.467 e. The van der Waals surface area contributed by atoms with Crippen LogP contribution >= 0.6 is 0 Å². The average molecular weight is 263 g/mol. The van der Waals surface area contributed by atoms with Crippen LogP contribution in [0.4, 0.5) is 0 Å². The summed E-state index contributed by atoms with van der Waals surface area (Å²) < 4.78 is 4.57. The first-order valence-electron chi connectivity index (χ1n) is 5.82. The average Bonchev–Trinajstić information content (AvgIpc) is 2.46. The van der Waals surface area contributed by atoms with Gasteiger partial charge in [0.1, 0.15) is 6.04 Å². The van der Waals surface area contributed by atoms with Gasteiger partial charge in [-0.25, -0.2) is 4.79 Å². The van der Waals surface area contributed by atoms with Gasteiger partial charge in [0, 0.05) is 0 Å². The van der Waals surface area contributed by atoms with Gasteiger partial charge in [-0.3, -0.25) is 4.79 Å². The van der Waals surface area contributed by atoms with Crippen LogP contribution in [-0.2, 0) is 14.3 Å². The van der Waals surface area contributed by atoms with E-state index in [2.05, 4.69) is 16.6 Å². The molecule has 0 fully saturated rings. The van der Waals surface area contributed by atoms with Crippen LogP contribution < -0.4 is 5.32 Å². The first-order chi connectivity index (χ1) is 9.10. The monoisotopic (exact) mass is 263 g/mol. The zero-order valence-corrected chi connectivity index (χ0v) is 10.7. The minimum absolute atomic E-state index is 0.236. The number of methoxy groups -OCH3 is 1. The Kier molecular flexibility index (Phi) is 5.75. The molecule has 0 aromatic heterocycles. The second-order valence-corrected chi connectivity index (χ2v) is 3.92. The first-order valence-corrected chi connectivity index (χ1v) is 5.82. The largest absolute Gasteiger partial charge is 0.467 e. The Labute approximate surface area is 111 Å². The molecule has 0 bridgehead atoms. The van der Waals surface area contributed by atoms with Gasteiger partial charge in [-0.1, -0.05) is 36.4 Å². The van der Waals surface area contributed by atoms with E-state index in [4.69, 9.17) is 0 Å². The number of aliphatic hydroxyl groups is 1. The van der Waals surface area contributed by atoms with E-state index in [0.717, 1.165) is 0 Å². The number of hydrogen-bond donors (Lipinski definition) is 2. The van der Waals surface area contributed by atoms with Gasteiger partial charge in [-0.15, -0.1) is 6.58 Å². The van der Waals surface area contributed by atoms with Crippen molar-refractivity contribution in [3.8, 4) is 0 Å². The first kappa shape index (κ1) is 14.9. The molecule has 0 saturated heterocycles. The van der Waals surface area contributed by atoms with Crippen LogP contribution in [0, 0.1) is 0 Å². The lowest BCUT2D eigenvalue weighted by Crippen LogP contribution is -2.43. The molecule has 102 valence electrons. The van der Waals surface area contributed by atoms with Crippen molar-refractivity contribution >= 4 is 11.9 Å². The molecule has 0 spiro atoms. The van der Waals surface area contributed by atoms with E-state index >= 15 is 0 Å². The topological polar surface area (TPSA) is 75.6 Å². The van der Waals surface area contributed by atoms with Crippen molar-refractivity contribution in [3.63, 3.8) is 0 Å². The van der Waals surface area contributed by atoms with Crippen LogP contribution in [0.5, 0.6) is 0 Å². The predicted molar refractivity (Wildman–Crippen MR) is 70.2 cm³/mol. The van der Waals surface area contributed by atoms with Crippen LogP contribution in [0.2, 0.25) is 0 Å². The van der Waals surface area contributed by atoms with Crippen molar-refractivity contribution in [2.75, 3.05) is 7.11 Å². The highest BCUT2D eigenvalue weighted by molar-refractivity contribution is 5.87. The molecule has 0 saturated carbocycles. The maximum atomic E-state index is 11.8. The van der Waals surface area contributed by atoms with E-state index in [1.165, 1.54) is 13.2 Å². The fraction of sp³-hybridized carbons (Fsp3) is 0.286. The molecule has 0 heterocycles. The number of ether oxygens (including phenoxy) is 1. The quantitative estimate of drug-likeness (QED) is 0.592. The third-order valence-corrected chi connectivity index (χ3v) is 2.57. The summed E-state index contributed by atoms with van der Waals surface area (Å²) in [7, 11) is 1.23. The van der Waals surface area contributed by atoms with Gasteiger partial charge >= 0.3 is 5.97 Å². The molecule has 0 aliphatic heterocycles. The number of nitrogens with one attached hydrogen (secondary N) is 1. The second-order valence-electron chi connectivity index (χ2n) is 3.92. The Hall–Kier alpha value is -2.14. The Morgan fingerprint density at radius 3 is 2.58 bits per heavy atom. The third kappa shape index (κ3) is 4.22. The second kappa shape index (κ2) is 7.33. The molecule has 2 atom stereocenters. The molecule has 0 radical (unpaired) electrons. The van der Waals surface area contributed by atoms with Crippen molar-refractivity contribution in [2.45, 2.75) is 18.6 Å². The van der Waals surface area contributed by atoms with Crippen LogP contribution in [0.3, 0.4) is 0 Å². The number of aliphatic hydroxyl groups excluding tert-OH is 1. The SMILES string of the molecule is C=CC[C@@H](NC(=O)[C@@H](O)c1ccccc1)C(=O)OC. The van der Waals surface area contributed by atoms with E-state index in [9.17, 15) is 14.7 Å². The van der Waals surface area contributed by atoms with Crippen molar-refractivity contribution in [2.24, 2.45) is 0 Å². The number of hydrogen-bond acceptors (Lipinski definition) is 4. The van der Waals surface area contributed by atoms with Gasteiger partial charge in [0.25, 0.3) is 5.91 Å². The van der Waals surface area contributed by atoms with Crippen LogP contribution in [0.15, 0.2) is 43.0 Å². The van der Waals surface area contributed by atoms with E-state index in [1.807, 2.05) is 0 Å². The Balaban J connectivity index is 2.71. The lowest BCUT2D eigenvalue weighted by molar-refractivity contribution is -0.146. The fourth-order valence-electron chi connectivity index (χ4n) is 1.56. The van der Waals surface area contributed by atoms with Crippen molar-refractivity contribution in [1.29, 1.82) is 0 Å². The summed E-state index contributed by atoms with van der Waals surface area (Å²) in [6.45, 7) is 3.51. The molecule has 5 heteroatoms. The lowest BCUT2D eigenvalue weighted by Gasteiger charge is -2.17. The molecule has 0 unspecified atom stereocenters. The molecule has 0 aliphatic carbocycles. The number of carbonyl (C=O) groups is 2. The summed E-state index contributed by atoms with van der Waals surface area (Å²) in [5.41, 5.74) is 0.460. The third-order valence-electron chi connectivity index (χ3n) is 2.57. The summed E-state index contributed by atoms with van der Waals surface area (Å²) in [5.74, 6) is -1.23.